The molecule has 1 aliphatic rings. The van der Waals surface area contributed by atoms with Crippen molar-refractivity contribution >= 4 is 29.0 Å². The van der Waals surface area contributed by atoms with Crippen LogP contribution in [0.1, 0.15) is 59.9 Å². The zero-order valence-electron chi connectivity index (χ0n) is 27.5. The second-order valence-corrected chi connectivity index (χ2v) is 11.3. The van der Waals surface area contributed by atoms with Crippen molar-refractivity contribution in [3.05, 3.63) is 80.8 Å². The van der Waals surface area contributed by atoms with Crippen molar-refractivity contribution in [2.45, 2.75) is 59.8 Å². The Balaban J connectivity index is 0.000000479. The molecule has 2 aromatic rings. The molecule has 1 atom stereocenters. The number of aromatic nitrogens is 1. The van der Waals surface area contributed by atoms with Crippen molar-refractivity contribution in [3.63, 3.8) is 0 Å². The summed E-state index contributed by atoms with van der Waals surface area (Å²) in [5.41, 5.74) is 8.20. The van der Waals surface area contributed by atoms with Crippen LogP contribution in [-0.2, 0) is 16.0 Å². The fourth-order valence-electron chi connectivity index (χ4n) is 3.85. The van der Waals surface area contributed by atoms with Crippen molar-refractivity contribution in [2.75, 3.05) is 27.8 Å². The van der Waals surface area contributed by atoms with Gasteiger partial charge in [0.2, 0.25) is 0 Å². The number of nitrogens with zero attached hydrogens (tertiary/aromatic N) is 2. The number of nitrogens with one attached hydrogen (secondary N) is 3. The second kappa shape index (κ2) is 19.4. The van der Waals surface area contributed by atoms with E-state index in [4.69, 9.17) is 16.3 Å². The number of benzene rings is 1. The number of halogens is 3. The first-order valence-corrected chi connectivity index (χ1v) is 15.3. The molecule has 1 aromatic heterocycles. The van der Waals surface area contributed by atoms with Crippen LogP contribution in [0.5, 0.6) is 0 Å². The minimum atomic E-state index is -4.40. The quantitative estimate of drug-likeness (QED) is 0.170. The maximum Gasteiger partial charge on any atom is 0.407 e. The van der Waals surface area contributed by atoms with Gasteiger partial charge in [0.1, 0.15) is 10.8 Å². The number of allylic oxidation sites excluding steroid dienone is 1. The molecule has 0 saturated heterocycles. The summed E-state index contributed by atoms with van der Waals surface area (Å²) >= 11 is 1.38. The van der Waals surface area contributed by atoms with E-state index in [9.17, 15) is 22.8 Å². The van der Waals surface area contributed by atoms with E-state index in [0.29, 0.717) is 23.4 Å². The summed E-state index contributed by atoms with van der Waals surface area (Å²) in [4.78, 5) is 28.3. The van der Waals surface area contributed by atoms with Gasteiger partial charge in [-0.15, -0.1) is 11.3 Å². The van der Waals surface area contributed by atoms with Crippen LogP contribution in [-0.4, -0.2) is 62.0 Å². The molecule has 0 bridgehead atoms. The van der Waals surface area contributed by atoms with Crippen molar-refractivity contribution in [1.29, 1.82) is 0 Å². The maximum absolute atomic E-state index is 13.4. The highest BCUT2D eigenvalue weighted by Crippen LogP contribution is 2.38. The fraction of sp³-hybridized carbons (Fsp3) is 0.452. The van der Waals surface area contributed by atoms with Gasteiger partial charge in [-0.25, -0.2) is 15.6 Å². The molecule has 15 heteroatoms. The lowest BCUT2D eigenvalue weighted by molar-refractivity contribution is -0.161. The van der Waals surface area contributed by atoms with Crippen LogP contribution in [0.3, 0.4) is 0 Å². The predicted molar refractivity (Wildman–Crippen MR) is 175 cm³/mol. The Morgan fingerprint density at radius 2 is 1.80 bits per heavy atom. The third-order valence-electron chi connectivity index (χ3n) is 6.06. The van der Waals surface area contributed by atoms with Gasteiger partial charge in [0.05, 0.1) is 43.0 Å². The van der Waals surface area contributed by atoms with Crippen LogP contribution in [0.2, 0.25) is 0 Å². The second-order valence-electron chi connectivity index (χ2n) is 10.1. The molecule has 7 N–H and O–H groups in total. The Hall–Kier alpha value is -4.08. The average molecular weight is 670 g/mol. The van der Waals surface area contributed by atoms with E-state index in [-0.39, 0.29) is 30.5 Å². The number of alkyl carbamates (subject to hydrolysis) is 1. The van der Waals surface area contributed by atoms with Gasteiger partial charge in [0.25, 0.3) is 5.91 Å². The van der Waals surface area contributed by atoms with Crippen molar-refractivity contribution in [2.24, 2.45) is 17.5 Å². The molecule has 3 rings (SSSR count). The number of methoxy groups -OCH3 is 2. The molecule has 1 heterocycles. The Bertz CT molecular complexity index is 1350. The molecule has 0 fully saturated rings. The molecule has 0 radical (unpaired) electrons. The lowest BCUT2D eigenvalue weighted by Gasteiger charge is -2.28. The van der Waals surface area contributed by atoms with Crippen molar-refractivity contribution in [1.82, 2.24) is 25.9 Å². The van der Waals surface area contributed by atoms with Crippen LogP contribution < -0.4 is 27.5 Å². The molecule has 1 unspecified atom stereocenters. The molecule has 11 nitrogen and oxygen atoms in total. The van der Waals surface area contributed by atoms with Gasteiger partial charge in [-0.05, 0) is 37.1 Å². The van der Waals surface area contributed by atoms with Gasteiger partial charge in [0, 0.05) is 37.6 Å². The number of carbonyl (C=O) groups excluding carboxylic acids is 2. The van der Waals surface area contributed by atoms with Gasteiger partial charge in [-0.2, -0.15) is 13.2 Å². The Morgan fingerprint density at radius 3 is 2.33 bits per heavy atom. The maximum atomic E-state index is 13.4. The van der Waals surface area contributed by atoms with Crippen molar-refractivity contribution in [3.8, 4) is 0 Å². The lowest BCUT2D eigenvalue weighted by atomic mass is 9.90. The standard InChI is InChI=1S/C20H25F3N2O2.C9H15N5O2S.C2H6/c1-12(2)24-11-15-9-16(20(21,22)23)10-17(18(15)27-4)25-19(26)14-7-5-13(3)6-8-14;1-14(11)5-6(10)7-3-12-8(17-7)4-13-9(15)16-2;1-2/h5-8,10,12,16,24H,9,11H2,1-4H3,(H,25,26);3,5H,4,10-11H2,1-2H3,(H,13,15);1-2H3/b;6-5-;. The van der Waals surface area contributed by atoms with Gasteiger partial charge >= 0.3 is 12.3 Å². The Kier molecular flexibility index (Phi) is 16.9. The number of amides is 2. The molecule has 256 valence electrons. The highest BCUT2D eigenvalue weighted by Gasteiger charge is 2.42. The monoisotopic (exact) mass is 669 g/mol. The molecule has 46 heavy (non-hydrogen) atoms. The summed E-state index contributed by atoms with van der Waals surface area (Å²) in [6.07, 6.45) is -0.839. The number of hydrogen-bond acceptors (Lipinski definition) is 10. The fourth-order valence-corrected chi connectivity index (χ4v) is 4.63. The van der Waals surface area contributed by atoms with E-state index in [1.165, 1.54) is 30.6 Å². The van der Waals surface area contributed by atoms with Crippen molar-refractivity contribution < 1.29 is 32.2 Å². The first-order valence-electron chi connectivity index (χ1n) is 14.5. The number of hydrogen-bond donors (Lipinski definition) is 5. The van der Waals surface area contributed by atoms with E-state index in [2.05, 4.69) is 25.7 Å². The van der Waals surface area contributed by atoms with Crippen LogP contribution >= 0.6 is 11.3 Å². The van der Waals surface area contributed by atoms with E-state index >= 15 is 0 Å². The van der Waals surface area contributed by atoms with Crippen LogP contribution in [0.25, 0.3) is 5.70 Å². The largest absolute Gasteiger partial charge is 0.495 e. The lowest BCUT2D eigenvalue weighted by Crippen LogP contribution is -2.34. The Morgan fingerprint density at radius 1 is 1.17 bits per heavy atom. The highest BCUT2D eigenvalue weighted by molar-refractivity contribution is 7.12. The van der Waals surface area contributed by atoms with Crippen LogP contribution in [0, 0.1) is 12.8 Å². The van der Waals surface area contributed by atoms with Crippen LogP contribution in [0.15, 0.2) is 59.8 Å². The zero-order valence-corrected chi connectivity index (χ0v) is 28.4. The molecule has 2 amide bonds. The number of nitrogens with two attached hydrogens (primary N) is 2. The molecule has 0 spiro atoms. The number of carbonyl (C=O) groups is 2. The zero-order chi connectivity index (χ0) is 35.0. The summed E-state index contributed by atoms with van der Waals surface area (Å²) in [5.74, 6) is 3.57. The first kappa shape index (κ1) is 39.9. The summed E-state index contributed by atoms with van der Waals surface area (Å²) in [7, 11) is 4.37. The highest BCUT2D eigenvalue weighted by atomic mass is 32.1. The third-order valence-corrected chi connectivity index (χ3v) is 7.11. The first-order chi connectivity index (χ1) is 21.6. The molecule has 1 aliphatic carbocycles. The number of thiazole rings is 1. The van der Waals surface area contributed by atoms with Gasteiger partial charge < -0.3 is 36.2 Å². The van der Waals surface area contributed by atoms with Gasteiger partial charge in [-0.1, -0.05) is 45.4 Å². The molecule has 0 saturated carbocycles. The number of aryl methyl sites for hydroxylation is 1. The summed E-state index contributed by atoms with van der Waals surface area (Å²) in [6.45, 7) is 10.3. The van der Waals surface area contributed by atoms with E-state index in [0.717, 1.165) is 21.5 Å². The Labute approximate surface area is 272 Å². The van der Waals surface area contributed by atoms with E-state index < -0.39 is 24.1 Å². The number of alkyl halides is 3. The SMILES string of the molecule is CC.COC(=O)NCc1ncc(/C(N)=C/N(C)N)s1.COC1=C(CNC(C)C)CC(C(F)(F)F)C=C1NC(=O)c1ccc(C)cc1. The summed E-state index contributed by atoms with van der Waals surface area (Å²) < 4.78 is 49.9. The van der Waals surface area contributed by atoms with Gasteiger partial charge in [0.15, 0.2) is 0 Å². The topological polar surface area (TPSA) is 157 Å². The summed E-state index contributed by atoms with van der Waals surface area (Å²) in [6, 6.07) is 6.91. The third kappa shape index (κ3) is 13.5. The van der Waals surface area contributed by atoms with Gasteiger partial charge in [-0.3, -0.25) is 4.79 Å². The van der Waals surface area contributed by atoms with E-state index in [1.807, 2.05) is 34.6 Å². The minimum absolute atomic E-state index is 0.0530. The van der Waals surface area contributed by atoms with E-state index in [1.54, 1.807) is 43.7 Å². The molecular formula is C31H46F3N7O4S. The molecule has 1 aromatic carbocycles. The molecule has 0 aliphatic heterocycles. The predicted octanol–water partition coefficient (Wildman–Crippen LogP) is 5.18. The average Bonchev–Trinajstić information content (AvgIpc) is 3.49. The smallest absolute Gasteiger partial charge is 0.407 e. The normalized spacial score (nSPS) is 14.7. The minimum Gasteiger partial charge on any atom is -0.495 e. The van der Waals surface area contributed by atoms with Crippen LogP contribution in [0.4, 0.5) is 18.0 Å². The number of rotatable bonds is 10. The number of ether oxygens (including phenoxy) is 2. The molecular weight excluding hydrogens is 623 g/mol. The number of hydrazine groups is 1. The summed E-state index contributed by atoms with van der Waals surface area (Å²) in [5, 5.41) is 10.3.